The fraction of sp³-hybridized carbons (Fsp3) is 0.0145. The summed E-state index contributed by atoms with van der Waals surface area (Å²) in [5, 5.41) is 37.5. The normalized spacial score (nSPS) is 12.5. The van der Waals surface area contributed by atoms with Crippen molar-refractivity contribution in [3.8, 4) is 46.0 Å². The number of hydrogen-bond acceptors (Lipinski definition) is 4. The number of aromatic nitrogens is 4. The minimum Gasteiger partial charge on any atom is -0.456 e. The van der Waals surface area contributed by atoms with Gasteiger partial charge in [0, 0.05) is 64.6 Å². The molecule has 0 atom stereocenters. The number of hydrogen-bond donors (Lipinski definition) is 0. The second kappa shape index (κ2) is 14.3. The Morgan fingerprint density at radius 2 is 0.701 bits per heavy atom. The summed E-state index contributed by atoms with van der Waals surface area (Å²) >= 11 is 0. The first-order chi connectivity index (χ1) is 38.1. The summed E-state index contributed by atoms with van der Waals surface area (Å²) in [5.41, 5.74) is 16.8. The maximum atomic E-state index is 12.6. The Kier molecular flexibility index (Phi) is 7.54. The molecule has 2 aliphatic heterocycles. The lowest BCUT2D eigenvalue weighted by Crippen LogP contribution is -2.16. The van der Waals surface area contributed by atoms with Crippen molar-refractivity contribution in [3.63, 3.8) is 0 Å². The van der Waals surface area contributed by atoms with E-state index >= 15 is 0 Å². The van der Waals surface area contributed by atoms with Crippen LogP contribution in [0, 0.1) is 29.6 Å². The van der Waals surface area contributed by atoms with Gasteiger partial charge in [0.15, 0.2) is 0 Å². The van der Waals surface area contributed by atoms with Crippen LogP contribution < -0.4 is 0 Å². The van der Waals surface area contributed by atoms with Crippen LogP contribution in [-0.2, 0) is 0 Å². The molecule has 0 saturated carbocycles. The molecule has 0 amide bonds. The Labute approximate surface area is 436 Å². The van der Waals surface area contributed by atoms with E-state index in [4.69, 9.17) is 8.83 Å². The number of fused-ring (bicyclic) bond motifs is 18. The molecule has 0 fully saturated rings. The van der Waals surface area contributed by atoms with E-state index in [9.17, 15) is 10.5 Å². The van der Waals surface area contributed by atoms with E-state index in [2.05, 4.69) is 201 Å². The van der Waals surface area contributed by atoms with Gasteiger partial charge in [0.05, 0.1) is 66.9 Å². The van der Waals surface area contributed by atoms with Gasteiger partial charge in [-0.3, -0.25) is 0 Å². The van der Waals surface area contributed by atoms with Crippen LogP contribution in [-0.4, -0.2) is 18.3 Å². The molecular formula is C69H36N6O2. The molecule has 8 heterocycles. The van der Waals surface area contributed by atoms with Crippen molar-refractivity contribution in [3.05, 3.63) is 217 Å². The Morgan fingerprint density at radius 1 is 0.299 bits per heavy atom. The fourth-order valence-electron chi connectivity index (χ4n) is 13.8. The molecular weight excluding hydrogens is 945 g/mol. The highest BCUT2D eigenvalue weighted by molar-refractivity contribution is 6.30. The van der Waals surface area contributed by atoms with Crippen LogP contribution in [0.1, 0.15) is 16.7 Å². The largest absolute Gasteiger partial charge is 0.456 e. The molecule has 6 aromatic heterocycles. The molecule has 0 radical (unpaired) electrons. The highest BCUT2D eigenvalue weighted by atomic mass is 16.3. The molecule has 0 N–H and O–H groups in total. The van der Waals surface area contributed by atoms with Crippen molar-refractivity contribution >= 4 is 131 Å². The minimum atomic E-state index is 0.353. The zero-order chi connectivity index (χ0) is 50.5. The minimum absolute atomic E-state index is 0.353. The lowest BCUT2D eigenvalue weighted by atomic mass is 9.98. The van der Waals surface area contributed by atoms with Gasteiger partial charge in [0.2, 0.25) is 0 Å². The second-order valence-corrected chi connectivity index (χ2v) is 20.6. The van der Waals surface area contributed by atoms with Crippen molar-refractivity contribution in [2.75, 3.05) is 0 Å². The van der Waals surface area contributed by atoms with Gasteiger partial charge in [-0.2, -0.15) is 10.5 Å². The zero-order valence-electron chi connectivity index (χ0n) is 41.1. The Morgan fingerprint density at radius 3 is 1.25 bits per heavy atom. The highest BCUT2D eigenvalue weighted by Crippen LogP contribution is 2.52. The van der Waals surface area contributed by atoms with E-state index < -0.39 is 0 Å². The molecule has 8 nitrogen and oxygen atoms in total. The number of rotatable bonds is 2. The van der Waals surface area contributed by atoms with Crippen LogP contribution in [0.25, 0.3) is 165 Å². The van der Waals surface area contributed by atoms with Crippen molar-refractivity contribution in [1.82, 2.24) is 18.3 Å². The first kappa shape index (κ1) is 40.7. The molecule has 354 valence electrons. The first-order valence-corrected chi connectivity index (χ1v) is 25.9. The van der Waals surface area contributed by atoms with Crippen LogP contribution in [0.5, 0.6) is 0 Å². The third kappa shape index (κ3) is 4.96. The summed E-state index contributed by atoms with van der Waals surface area (Å²) < 4.78 is 22.5. The summed E-state index contributed by atoms with van der Waals surface area (Å²) in [6, 6.07) is 76.1. The van der Waals surface area contributed by atoms with E-state index in [1.165, 1.54) is 0 Å². The van der Waals surface area contributed by atoms with E-state index in [-0.39, 0.29) is 0 Å². The SMILES string of the molecule is Cc1ccc2c(c1)c1c3c(ccc1n2-c1c(C#N)c(-n2c4ccccc4c4ccccc42)c(C#N)c2c1-n1c4ccccc4c4ccc(cc41)-c1ccc4c(c1)c1c5c(ccc1n4-2)oc1ccccc15)oc1ccccc13. The summed E-state index contributed by atoms with van der Waals surface area (Å²) in [6.45, 7) is 2.13. The molecule has 0 unspecified atom stereocenters. The van der Waals surface area contributed by atoms with Crippen LogP contribution in [0.3, 0.4) is 0 Å². The predicted octanol–water partition coefficient (Wildman–Crippen LogP) is 17.9. The van der Waals surface area contributed by atoms with Crippen molar-refractivity contribution in [1.29, 1.82) is 10.5 Å². The third-order valence-corrected chi connectivity index (χ3v) is 16.8. The lowest BCUT2D eigenvalue weighted by Gasteiger charge is -2.27. The average molecular weight is 981 g/mol. The summed E-state index contributed by atoms with van der Waals surface area (Å²) in [7, 11) is 0. The van der Waals surface area contributed by atoms with Gasteiger partial charge in [0.1, 0.15) is 45.6 Å². The van der Waals surface area contributed by atoms with Crippen molar-refractivity contribution < 1.29 is 8.83 Å². The number of furan rings is 2. The molecule has 2 aliphatic rings. The monoisotopic (exact) mass is 980 g/mol. The Hall–Kier alpha value is -10.8. The number of nitriles is 2. The fourth-order valence-corrected chi connectivity index (χ4v) is 13.8. The predicted molar refractivity (Wildman–Crippen MR) is 312 cm³/mol. The molecule has 17 aromatic rings. The maximum Gasteiger partial charge on any atom is 0.136 e. The Balaban J connectivity index is 1.18. The van der Waals surface area contributed by atoms with Gasteiger partial charge in [-0.15, -0.1) is 0 Å². The molecule has 6 bridgehead atoms. The van der Waals surface area contributed by atoms with E-state index in [1.54, 1.807) is 0 Å². The van der Waals surface area contributed by atoms with Gasteiger partial charge in [0.25, 0.3) is 0 Å². The summed E-state index contributed by atoms with van der Waals surface area (Å²) in [6.07, 6.45) is 0. The summed E-state index contributed by atoms with van der Waals surface area (Å²) in [5.74, 6) is 0. The van der Waals surface area contributed by atoms with Crippen molar-refractivity contribution in [2.45, 2.75) is 6.92 Å². The number of benzene rings is 11. The summed E-state index contributed by atoms with van der Waals surface area (Å²) in [4.78, 5) is 0. The quantitative estimate of drug-likeness (QED) is 0.172. The smallest absolute Gasteiger partial charge is 0.136 e. The molecule has 0 aliphatic carbocycles. The lowest BCUT2D eigenvalue weighted by molar-refractivity contribution is 0.669. The first-order valence-electron chi connectivity index (χ1n) is 25.9. The zero-order valence-corrected chi connectivity index (χ0v) is 41.1. The molecule has 11 aromatic carbocycles. The van der Waals surface area contributed by atoms with Gasteiger partial charge in [-0.1, -0.05) is 121 Å². The molecule has 8 heteroatoms. The van der Waals surface area contributed by atoms with Gasteiger partial charge < -0.3 is 27.1 Å². The maximum absolute atomic E-state index is 12.6. The van der Waals surface area contributed by atoms with Gasteiger partial charge >= 0.3 is 0 Å². The Bertz CT molecular complexity index is 5640. The average Bonchev–Trinajstić information content (AvgIpc) is 4.52. The highest BCUT2D eigenvalue weighted by Gasteiger charge is 2.36. The van der Waals surface area contributed by atoms with Crippen LogP contribution in [0.2, 0.25) is 0 Å². The molecule has 77 heavy (non-hydrogen) atoms. The van der Waals surface area contributed by atoms with Gasteiger partial charge in [-0.05, 0) is 103 Å². The van der Waals surface area contributed by atoms with Crippen LogP contribution >= 0.6 is 0 Å². The molecule has 0 spiro atoms. The third-order valence-electron chi connectivity index (χ3n) is 16.8. The van der Waals surface area contributed by atoms with E-state index in [1.807, 2.05) is 36.4 Å². The number of nitrogens with zero attached hydrogens (tertiary/aromatic N) is 6. The standard InChI is InChI=1S/C69H36N6O2/c1-37-22-26-53-46(32-37)62-55(28-30-60-64(62)44-15-5-10-20-58(44)76-60)73(53)67-48(35-70)66(72-50-17-7-2-12-40(50)41-13-3-8-18-51(41)72)49(36-71)68-69(67)75-52-19-9-4-14-42(52)43-25-23-39(34-57(43)75)38-24-27-54-47(33-38)63-56(74(54)68)29-31-61-65(63)45-16-6-11-21-59(45)77-61/h2-34H,1H3. The molecule has 0 saturated heterocycles. The van der Waals surface area contributed by atoms with Crippen molar-refractivity contribution in [2.24, 2.45) is 0 Å². The molecule has 19 rings (SSSR count). The van der Waals surface area contributed by atoms with Gasteiger partial charge in [-0.25, -0.2) is 0 Å². The van der Waals surface area contributed by atoms with Crippen LogP contribution in [0.4, 0.5) is 0 Å². The second-order valence-electron chi connectivity index (χ2n) is 20.6. The van der Waals surface area contributed by atoms with E-state index in [0.717, 1.165) is 148 Å². The van der Waals surface area contributed by atoms with E-state index in [0.29, 0.717) is 33.9 Å². The van der Waals surface area contributed by atoms with Crippen LogP contribution in [0.15, 0.2) is 209 Å². The number of para-hydroxylation sites is 5. The topological polar surface area (TPSA) is 93.6 Å². The number of aryl methyl sites for hydroxylation is 1.